The number of carbonyl (C=O) groups is 1. The second-order valence-corrected chi connectivity index (χ2v) is 6.28. The lowest BCUT2D eigenvalue weighted by Crippen LogP contribution is -2.17. The summed E-state index contributed by atoms with van der Waals surface area (Å²) in [6.45, 7) is 0.684. The van der Waals surface area contributed by atoms with E-state index in [2.05, 4.69) is 32.4 Å². The van der Waals surface area contributed by atoms with Gasteiger partial charge in [-0.2, -0.15) is 5.10 Å². The van der Waals surface area contributed by atoms with Gasteiger partial charge in [-0.25, -0.2) is 4.68 Å². The van der Waals surface area contributed by atoms with E-state index in [0.29, 0.717) is 6.54 Å². The first kappa shape index (κ1) is 11.9. The fourth-order valence-corrected chi connectivity index (χ4v) is 3.16. The lowest BCUT2D eigenvalue weighted by atomic mass is 10.4. The third-order valence-electron chi connectivity index (χ3n) is 2.84. The number of aromatic nitrogens is 2. The number of halogens is 1. The van der Waals surface area contributed by atoms with Crippen molar-refractivity contribution in [2.75, 3.05) is 5.32 Å². The summed E-state index contributed by atoms with van der Waals surface area (Å²) in [4.78, 5) is 12.9. The Hall–Kier alpha value is -1.14. The molecule has 1 fully saturated rings. The average molecular weight is 326 g/mol. The fraction of sp³-hybridized carbons (Fsp3) is 0.333. The van der Waals surface area contributed by atoms with Crippen LogP contribution in [-0.2, 0) is 11.3 Å². The Bertz CT molecular complexity index is 573. The summed E-state index contributed by atoms with van der Waals surface area (Å²) in [7, 11) is 0. The van der Waals surface area contributed by atoms with Gasteiger partial charge in [0.1, 0.15) is 5.82 Å². The van der Waals surface area contributed by atoms with E-state index in [1.165, 1.54) is 4.88 Å². The predicted octanol–water partition coefficient (Wildman–Crippen LogP) is 3.10. The van der Waals surface area contributed by atoms with Crippen LogP contribution in [0, 0.1) is 5.92 Å². The minimum atomic E-state index is 0.115. The molecular weight excluding hydrogens is 314 g/mol. The van der Waals surface area contributed by atoms with Gasteiger partial charge in [0.2, 0.25) is 5.91 Å². The quantitative estimate of drug-likeness (QED) is 0.938. The monoisotopic (exact) mass is 325 g/mol. The SMILES string of the molecule is O=C(Nc1ccnn1Cc1cc(Br)cs1)C1CC1. The van der Waals surface area contributed by atoms with Crippen molar-refractivity contribution in [1.29, 1.82) is 0 Å². The summed E-state index contributed by atoms with van der Waals surface area (Å²) in [6, 6.07) is 3.90. The largest absolute Gasteiger partial charge is 0.311 e. The molecule has 0 aromatic carbocycles. The molecule has 0 saturated heterocycles. The number of carbonyl (C=O) groups excluding carboxylic acids is 1. The van der Waals surface area contributed by atoms with Crippen molar-refractivity contribution in [3.05, 3.63) is 33.1 Å². The number of rotatable bonds is 4. The van der Waals surface area contributed by atoms with Crippen LogP contribution in [0.25, 0.3) is 0 Å². The van der Waals surface area contributed by atoms with Crippen molar-refractivity contribution >= 4 is 39.0 Å². The molecule has 18 heavy (non-hydrogen) atoms. The third kappa shape index (κ3) is 2.64. The summed E-state index contributed by atoms with van der Waals surface area (Å²) in [5.41, 5.74) is 0. The summed E-state index contributed by atoms with van der Waals surface area (Å²) in [5, 5.41) is 9.22. The molecular formula is C12H12BrN3OS. The number of nitrogens with one attached hydrogen (secondary N) is 1. The maximum atomic E-state index is 11.7. The molecule has 1 saturated carbocycles. The number of anilines is 1. The van der Waals surface area contributed by atoms with E-state index in [1.54, 1.807) is 17.5 Å². The fourth-order valence-electron chi connectivity index (χ4n) is 1.72. The molecule has 2 aromatic rings. The molecule has 3 rings (SSSR count). The zero-order valence-electron chi connectivity index (χ0n) is 9.60. The summed E-state index contributed by atoms with van der Waals surface area (Å²) >= 11 is 5.11. The minimum absolute atomic E-state index is 0.115. The van der Waals surface area contributed by atoms with Crippen molar-refractivity contribution in [2.45, 2.75) is 19.4 Å². The number of thiophene rings is 1. The number of amides is 1. The first-order chi connectivity index (χ1) is 8.72. The van der Waals surface area contributed by atoms with Gasteiger partial charge in [0.05, 0.1) is 12.7 Å². The molecule has 2 aromatic heterocycles. The Kier molecular flexibility index (Phi) is 3.22. The first-order valence-electron chi connectivity index (χ1n) is 5.78. The highest BCUT2D eigenvalue weighted by atomic mass is 79.9. The molecule has 1 aliphatic carbocycles. The molecule has 0 aliphatic heterocycles. The summed E-state index contributed by atoms with van der Waals surface area (Å²) in [5.74, 6) is 1.10. The zero-order chi connectivity index (χ0) is 12.5. The van der Waals surface area contributed by atoms with Crippen LogP contribution in [0.15, 0.2) is 28.2 Å². The highest BCUT2D eigenvalue weighted by molar-refractivity contribution is 9.10. The normalized spacial score (nSPS) is 14.7. The van der Waals surface area contributed by atoms with Crippen LogP contribution in [-0.4, -0.2) is 15.7 Å². The molecule has 1 aliphatic rings. The van der Waals surface area contributed by atoms with E-state index in [9.17, 15) is 4.79 Å². The van der Waals surface area contributed by atoms with Crippen molar-refractivity contribution in [3.63, 3.8) is 0 Å². The van der Waals surface area contributed by atoms with Gasteiger partial charge in [-0.3, -0.25) is 4.79 Å². The highest BCUT2D eigenvalue weighted by Gasteiger charge is 2.30. The van der Waals surface area contributed by atoms with E-state index < -0.39 is 0 Å². The van der Waals surface area contributed by atoms with Crippen molar-refractivity contribution < 1.29 is 4.79 Å². The van der Waals surface area contributed by atoms with Crippen molar-refractivity contribution in [3.8, 4) is 0 Å². The Morgan fingerprint density at radius 1 is 1.61 bits per heavy atom. The van der Waals surface area contributed by atoms with Crippen LogP contribution < -0.4 is 5.32 Å². The van der Waals surface area contributed by atoms with E-state index in [0.717, 1.165) is 23.1 Å². The Morgan fingerprint density at radius 3 is 3.11 bits per heavy atom. The van der Waals surface area contributed by atoms with Crippen LogP contribution in [0.5, 0.6) is 0 Å². The molecule has 0 unspecified atom stereocenters. The van der Waals surface area contributed by atoms with Crippen LogP contribution >= 0.6 is 27.3 Å². The first-order valence-corrected chi connectivity index (χ1v) is 7.45. The summed E-state index contributed by atoms with van der Waals surface area (Å²) in [6.07, 6.45) is 3.74. The molecule has 6 heteroatoms. The maximum Gasteiger partial charge on any atom is 0.228 e. The van der Waals surface area contributed by atoms with Crippen LogP contribution in [0.1, 0.15) is 17.7 Å². The minimum Gasteiger partial charge on any atom is -0.311 e. The number of nitrogens with zero attached hydrogens (tertiary/aromatic N) is 2. The van der Waals surface area contributed by atoms with Gasteiger partial charge in [0.15, 0.2) is 0 Å². The lowest BCUT2D eigenvalue weighted by molar-refractivity contribution is -0.117. The van der Waals surface area contributed by atoms with Crippen LogP contribution in [0.2, 0.25) is 0 Å². The van der Waals surface area contributed by atoms with Gasteiger partial charge in [0, 0.05) is 26.7 Å². The van der Waals surface area contributed by atoms with E-state index >= 15 is 0 Å². The lowest BCUT2D eigenvalue weighted by Gasteiger charge is -2.07. The molecule has 1 N–H and O–H groups in total. The Labute approximate surface area is 117 Å². The van der Waals surface area contributed by atoms with E-state index in [-0.39, 0.29) is 11.8 Å². The van der Waals surface area contributed by atoms with Gasteiger partial charge in [-0.05, 0) is 34.8 Å². The van der Waals surface area contributed by atoms with Gasteiger partial charge >= 0.3 is 0 Å². The van der Waals surface area contributed by atoms with E-state index in [4.69, 9.17) is 0 Å². The predicted molar refractivity (Wildman–Crippen MR) is 74.7 cm³/mol. The summed E-state index contributed by atoms with van der Waals surface area (Å²) < 4.78 is 2.90. The molecule has 4 nitrogen and oxygen atoms in total. The second kappa shape index (κ2) is 4.85. The van der Waals surface area contributed by atoms with Crippen molar-refractivity contribution in [2.24, 2.45) is 5.92 Å². The second-order valence-electron chi connectivity index (χ2n) is 4.37. The molecule has 0 radical (unpaired) electrons. The molecule has 94 valence electrons. The van der Waals surface area contributed by atoms with E-state index in [1.807, 2.05) is 16.1 Å². The topological polar surface area (TPSA) is 46.9 Å². The van der Waals surface area contributed by atoms with Crippen LogP contribution in [0.3, 0.4) is 0 Å². The van der Waals surface area contributed by atoms with Gasteiger partial charge in [-0.1, -0.05) is 0 Å². The van der Waals surface area contributed by atoms with Crippen molar-refractivity contribution in [1.82, 2.24) is 9.78 Å². The smallest absolute Gasteiger partial charge is 0.228 e. The van der Waals surface area contributed by atoms with Gasteiger partial charge < -0.3 is 5.32 Å². The molecule has 0 spiro atoms. The average Bonchev–Trinajstić information content (AvgIpc) is 3.00. The molecule has 0 bridgehead atoms. The Morgan fingerprint density at radius 2 is 2.44 bits per heavy atom. The van der Waals surface area contributed by atoms with Crippen LogP contribution in [0.4, 0.5) is 5.82 Å². The Balaban J connectivity index is 1.72. The molecule has 1 amide bonds. The van der Waals surface area contributed by atoms with Gasteiger partial charge in [0.25, 0.3) is 0 Å². The standard InChI is InChI=1S/C12H12BrN3OS/c13-9-5-10(18-7-9)6-16-11(3-4-14-16)15-12(17)8-1-2-8/h3-5,7-8H,1-2,6H2,(H,15,17). The zero-order valence-corrected chi connectivity index (χ0v) is 12.0. The third-order valence-corrected chi connectivity index (χ3v) is 4.53. The number of hydrogen-bond donors (Lipinski definition) is 1. The molecule has 0 atom stereocenters. The van der Waals surface area contributed by atoms with Gasteiger partial charge in [-0.15, -0.1) is 11.3 Å². The number of hydrogen-bond acceptors (Lipinski definition) is 3. The molecule has 2 heterocycles. The maximum absolute atomic E-state index is 11.7. The highest BCUT2D eigenvalue weighted by Crippen LogP contribution is 2.30.